The van der Waals surface area contributed by atoms with Gasteiger partial charge in [0.15, 0.2) is 0 Å². The highest BCUT2D eigenvalue weighted by Crippen LogP contribution is 2.07. The standard InChI is InChI=1S/C10H13NO2/c1-8(10(12)13-2)6-9-4-3-5-11-7-9/h3-5,7-8H,6H2,1-2H3. The van der Waals surface area contributed by atoms with Crippen LogP contribution >= 0.6 is 0 Å². The van der Waals surface area contributed by atoms with Crippen LogP contribution in [0.1, 0.15) is 12.5 Å². The highest BCUT2D eigenvalue weighted by Gasteiger charge is 2.13. The summed E-state index contributed by atoms with van der Waals surface area (Å²) in [5.74, 6) is -0.280. The van der Waals surface area contributed by atoms with Crippen LogP contribution in [0.2, 0.25) is 0 Å². The third kappa shape index (κ3) is 2.86. The average molecular weight is 179 g/mol. The summed E-state index contributed by atoms with van der Waals surface area (Å²) in [5, 5.41) is 0. The van der Waals surface area contributed by atoms with E-state index in [2.05, 4.69) is 9.72 Å². The van der Waals surface area contributed by atoms with E-state index >= 15 is 0 Å². The van der Waals surface area contributed by atoms with Crippen LogP contribution < -0.4 is 0 Å². The van der Waals surface area contributed by atoms with Gasteiger partial charge in [-0.1, -0.05) is 13.0 Å². The van der Waals surface area contributed by atoms with Gasteiger partial charge >= 0.3 is 5.97 Å². The van der Waals surface area contributed by atoms with Gasteiger partial charge in [0.05, 0.1) is 13.0 Å². The molecule has 0 aliphatic heterocycles. The van der Waals surface area contributed by atoms with Crippen molar-refractivity contribution in [2.75, 3.05) is 7.11 Å². The second kappa shape index (κ2) is 4.60. The zero-order chi connectivity index (χ0) is 9.68. The quantitative estimate of drug-likeness (QED) is 0.659. The van der Waals surface area contributed by atoms with Crippen LogP contribution in [0, 0.1) is 5.92 Å². The molecule has 0 amide bonds. The number of hydrogen-bond acceptors (Lipinski definition) is 3. The monoisotopic (exact) mass is 179 g/mol. The van der Waals surface area contributed by atoms with E-state index in [9.17, 15) is 4.79 Å². The number of nitrogens with zero attached hydrogens (tertiary/aromatic N) is 1. The van der Waals surface area contributed by atoms with Crippen molar-refractivity contribution < 1.29 is 9.53 Å². The molecule has 1 atom stereocenters. The molecule has 0 fully saturated rings. The fourth-order valence-electron chi connectivity index (χ4n) is 1.16. The Morgan fingerprint density at radius 1 is 1.69 bits per heavy atom. The zero-order valence-corrected chi connectivity index (χ0v) is 7.86. The van der Waals surface area contributed by atoms with Gasteiger partial charge in [-0.3, -0.25) is 9.78 Å². The van der Waals surface area contributed by atoms with Crippen LogP contribution in [0.25, 0.3) is 0 Å². The van der Waals surface area contributed by atoms with Crippen molar-refractivity contribution in [2.45, 2.75) is 13.3 Å². The molecule has 70 valence electrons. The van der Waals surface area contributed by atoms with Gasteiger partial charge in [0.1, 0.15) is 0 Å². The summed E-state index contributed by atoms with van der Waals surface area (Å²) in [6.07, 6.45) is 4.16. The number of esters is 1. The van der Waals surface area contributed by atoms with Crippen molar-refractivity contribution in [1.82, 2.24) is 4.98 Å². The molecule has 1 aromatic heterocycles. The van der Waals surface area contributed by atoms with Crippen molar-refractivity contribution >= 4 is 5.97 Å². The second-order valence-corrected chi connectivity index (χ2v) is 2.99. The molecule has 1 aromatic rings. The van der Waals surface area contributed by atoms with Gasteiger partial charge in [-0.2, -0.15) is 0 Å². The fourth-order valence-corrected chi connectivity index (χ4v) is 1.16. The van der Waals surface area contributed by atoms with Crippen molar-refractivity contribution in [3.05, 3.63) is 30.1 Å². The van der Waals surface area contributed by atoms with Gasteiger partial charge in [0.25, 0.3) is 0 Å². The Hall–Kier alpha value is -1.38. The van der Waals surface area contributed by atoms with E-state index < -0.39 is 0 Å². The van der Waals surface area contributed by atoms with Gasteiger partial charge < -0.3 is 4.74 Å². The molecule has 0 saturated carbocycles. The Morgan fingerprint density at radius 3 is 3.00 bits per heavy atom. The third-order valence-corrected chi connectivity index (χ3v) is 1.87. The summed E-state index contributed by atoms with van der Waals surface area (Å²) in [4.78, 5) is 15.0. The van der Waals surface area contributed by atoms with Crippen LogP contribution in [0.15, 0.2) is 24.5 Å². The molecule has 0 spiro atoms. The minimum Gasteiger partial charge on any atom is -0.469 e. The van der Waals surface area contributed by atoms with Crippen LogP contribution in [-0.4, -0.2) is 18.1 Å². The number of rotatable bonds is 3. The van der Waals surface area contributed by atoms with Crippen LogP contribution in [-0.2, 0) is 16.0 Å². The maximum absolute atomic E-state index is 11.1. The largest absolute Gasteiger partial charge is 0.469 e. The molecule has 1 unspecified atom stereocenters. The Bertz CT molecular complexity index is 272. The predicted molar refractivity (Wildman–Crippen MR) is 49.1 cm³/mol. The van der Waals surface area contributed by atoms with E-state index in [1.54, 1.807) is 12.4 Å². The number of carbonyl (C=O) groups excluding carboxylic acids is 1. The molecule has 1 rings (SSSR count). The second-order valence-electron chi connectivity index (χ2n) is 2.99. The lowest BCUT2D eigenvalue weighted by molar-refractivity contribution is -0.144. The van der Waals surface area contributed by atoms with Gasteiger partial charge in [-0.25, -0.2) is 0 Å². The number of methoxy groups -OCH3 is 1. The molecule has 0 bridgehead atoms. The average Bonchev–Trinajstić information content (AvgIpc) is 2.18. The van der Waals surface area contributed by atoms with E-state index in [0.29, 0.717) is 6.42 Å². The first-order valence-corrected chi connectivity index (χ1v) is 4.20. The van der Waals surface area contributed by atoms with Crippen molar-refractivity contribution in [1.29, 1.82) is 0 Å². The lowest BCUT2D eigenvalue weighted by Crippen LogP contribution is -2.15. The molecule has 0 aromatic carbocycles. The SMILES string of the molecule is COC(=O)C(C)Cc1cccnc1. The van der Waals surface area contributed by atoms with Crippen LogP contribution in [0.4, 0.5) is 0 Å². The van der Waals surface area contributed by atoms with Crippen molar-refractivity contribution in [3.8, 4) is 0 Å². The summed E-state index contributed by atoms with van der Waals surface area (Å²) in [6, 6.07) is 3.81. The van der Waals surface area contributed by atoms with E-state index in [0.717, 1.165) is 5.56 Å². The molecular weight excluding hydrogens is 166 g/mol. The summed E-state index contributed by atoms with van der Waals surface area (Å²) in [5.41, 5.74) is 1.06. The van der Waals surface area contributed by atoms with Gasteiger partial charge in [-0.15, -0.1) is 0 Å². The lowest BCUT2D eigenvalue weighted by atomic mass is 10.0. The first-order chi connectivity index (χ1) is 6.24. The zero-order valence-electron chi connectivity index (χ0n) is 7.86. The molecule has 0 aliphatic carbocycles. The number of ether oxygens (including phenoxy) is 1. The molecule has 0 aliphatic rings. The van der Waals surface area contributed by atoms with Gasteiger partial charge in [-0.05, 0) is 18.1 Å². The smallest absolute Gasteiger partial charge is 0.308 e. The minimum absolute atomic E-state index is 0.103. The summed E-state index contributed by atoms with van der Waals surface area (Å²) < 4.78 is 4.62. The molecule has 0 N–H and O–H groups in total. The molecule has 0 saturated heterocycles. The van der Waals surface area contributed by atoms with Gasteiger partial charge in [0, 0.05) is 12.4 Å². The third-order valence-electron chi connectivity index (χ3n) is 1.87. The Kier molecular flexibility index (Phi) is 3.43. The number of aromatic nitrogens is 1. The Labute approximate surface area is 77.8 Å². The lowest BCUT2D eigenvalue weighted by Gasteiger charge is -2.07. The maximum atomic E-state index is 11.1. The van der Waals surface area contributed by atoms with Crippen LogP contribution in [0.5, 0.6) is 0 Å². The predicted octanol–water partition coefficient (Wildman–Crippen LogP) is 1.43. The first-order valence-electron chi connectivity index (χ1n) is 4.20. The fraction of sp³-hybridized carbons (Fsp3) is 0.400. The summed E-state index contributed by atoms with van der Waals surface area (Å²) >= 11 is 0. The van der Waals surface area contributed by atoms with Crippen LogP contribution in [0.3, 0.4) is 0 Å². The Morgan fingerprint density at radius 2 is 2.46 bits per heavy atom. The molecule has 3 heteroatoms. The normalized spacial score (nSPS) is 12.2. The van der Waals surface area contributed by atoms with Gasteiger partial charge in [0.2, 0.25) is 0 Å². The highest BCUT2D eigenvalue weighted by atomic mass is 16.5. The topological polar surface area (TPSA) is 39.2 Å². The first kappa shape index (κ1) is 9.71. The Balaban J connectivity index is 2.55. The van der Waals surface area contributed by atoms with Crippen molar-refractivity contribution in [2.24, 2.45) is 5.92 Å². The van der Waals surface area contributed by atoms with Crippen molar-refractivity contribution in [3.63, 3.8) is 0 Å². The molecular formula is C10H13NO2. The maximum Gasteiger partial charge on any atom is 0.308 e. The number of hydrogen-bond donors (Lipinski definition) is 0. The minimum atomic E-state index is -0.177. The number of carbonyl (C=O) groups is 1. The van der Waals surface area contributed by atoms with E-state index in [1.165, 1.54) is 7.11 Å². The number of pyridine rings is 1. The van der Waals surface area contributed by atoms with E-state index in [-0.39, 0.29) is 11.9 Å². The molecule has 3 nitrogen and oxygen atoms in total. The molecule has 13 heavy (non-hydrogen) atoms. The summed E-state index contributed by atoms with van der Waals surface area (Å²) in [6.45, 7) is 1.85. The highest BCUT2D eigenvalue weighted by molar-refractivity contribution is 5.72. The molecule has 1 heterocycles. The van der Waals surface area contributed by atoms with E-state index in [1.807, 2.05) is 19.1 Å². The van der Waals surface area contributed by atoms with E-state index in [4.69, 9.17) is 0 Å². The summed E-state index contributed by atoms with van der Waals surface area (Å²) in [7, 11) is 1.40. The molecule has 0 radical (unpaired) electrons.